The summed E-state index contributed by atoms with van der Waals surface area (Å²) in [6, 6.07) is 14.8. The molecular weight excluding hydrogens is 310 g/mol. The lowest BCUT2D eigenvalue weighted by atomic mass is 9.96. The molecule has 3 rings (SSSR count). The Hall–Kier alpha value is -2.75. The first kappa shape index (κ1) is 17.1. The zero-order valence-electron chi connectivity index (χ0n) is 14.9. The van der Waals surface area contributed by atoms with Crippen LogP contribution in [0.15, 0.2) is 42.5 Å². The summed E-state index contributed by atoms with van der Waals surface area (Å²) in [5.74, 6) is 1.20. The molecule has 4 nitrogen and oxygen atoms in total. The quantitative estimate of drug-likeness (QED) is 0.444. The van der Waals surface area contributed by atoms with Crippen molar-refractivity contribution in [3.8, 4) is 5.75 Å². The molecule has 0 saturated heterocycles. The summed E-state index contributed by atoms with van der Waals surface area (Å²) in [5.41, 5.74) is 11.4. The molecule has 1 heterocycles. The van der Waals surface area contributed by atoms with Crippen molar-refractivity contribution < 1.29 is 4.74 Å². The minimum atomic E-state index is 0.240. The summed E-state index contributed by atoms with van der Waals surface area (Å²) in [7, 11) is 1.73. The number of methoxy groups -OCH3 is 1. The van der Waals surface area contributed by atoms with Gasteiger partial charge in [0.05, 0.1) is 12.9 Å². The van der Waals surface area contributed by atoms with Gasteiger partial charge >= 0.3 is 0 Å². The lowest BCUT2D eigenvalue weighted by Crippen LogP contribution is -2.09. The van der Waals surface area contributed by atoms with Crippen LogP contribution in [0.25, 0.3) is 10.9 Å². The summed E-state index contributed by atoms with van der Waals surface area (Å²) in [6.45, 7) is 2.12. The van der Waals surface area contributed by atoms with Gasteiger partial charge < -0.3 is 15.5 Å². The van der Waals surface area contributed by atoms with Crippen molar-refractivity contribution in [1.82, 2.24) is 4.98 Å². The maximum absolute atomic E-state index is 7.38. The van der Waals surface area contributed by atoms with Gasteiger partial charge in [0.1, 0.15) is 5.75 Å². The Kier molecular flexibility index (Phi) is 5.08. The maximum atomic E-state index is 7.38. The fourth-order valence-electron chi connectivity index (χ4n) is 3.33. The van der Waals surface area contributed by atoms with Crippen LogP contribution in [0.4, 0.5) is 0 Å². The fraction of sp³-hybridized carbons (Fsp3) is 0.286. The molecule has 25 heavy (non-hydrogen) atoms. The number of hydrogen-bond acceptors (Lipinski definition) is 2. The molecule has 0 aliphatic carbocycles. The fourth-order valence-corrected chi connectivity index (χ4v) is 3.33. The van der Waals surface area contributed by atoms with Gasteiger partial charge in [-0.3, -0.25) is 5.41 Å². The van der Waals surface area contributed by atoms with E-state index in [0.29, 0.717) is 6.42 Å². The Morgan fingerprint density at radius 3 is 2.72 bits per heavy atom. The van der Waals surface area contributed by atoms with Crippen LogP contribution in [0.2, 0.25) is 0 Å². The van der Waals surface area contributed by atoms with E-state index in [1.165, 1.54) is 27.8 Å². The lowest BCUT2D eigenvalue weighted by molar-refractivity contribution is 0.404. The first-order valence-corrected chi connectivity index (χ1v) is 8.63. The summed E-state index contributed by atoms with van der Waals surface area (Å²) in [4.78, 5) is 3.50. The number of amidine groups is 1. The number of fused-ring (bicyclic) bond motifs is 1. The lowest BCUT2D eigenvalue weighted by Gasteiger charge is -2.16. The van der Waals surface area contributed by atoms with Crippen molar-refractivity contribution in [3.63, 3.8) is 0 Å². The summed E-state index contributed by atoms with van der Waals surface area (Å²) < 4.78 is 5.76. The highest BCUT2D eigenvalue weighted by Crippen LogP contribution is 2.31. The van der Waals surface area contributed by atoms with Crippen LogP contribution in [-0.2, 0) is 12.8 Å². The minimum Gasteiger partial charge on any atom is -0.496 e. The largest absolute Gasteiger partial charge is 0.496 e. The number of ether oxygens (including phenoxy) is 1. The van der Waals surface area contributed by atoms with E-state index in [0.717, 1.165) is 30.5 Å². The summed E-state index contributed by atoms with van der Waals surface area (Å²) in [5, 5.41) is 8.61. The van der Waals surface area contributed by atoms with Gasteiger partial charge in [-0.05, 0) is 48.4 Å². The highest BCUT2D eigenvalue weighted by atomic mass is 16.5. The van der Waals surface area contributed by atoms with E-state index in [1.54, 1.807) is 7.11 Å². The van der Waals surface area contributed by atoms with E-state index >= 15 is 0 Å². The summed E-state index contributed by atoms with van der Waals surface area (Å²) >= 11 is 0. The average Bonchev–Trinajstić information content (AvgIpc) is 3.00. The van der Waals surface area contributed by atoms with Crippen molar-refractivity contribution in [3.05, 3.63) is 64.8 Å². The summed E-state index contributed by atoms with van der Waals surface area (Å²) in [6.07, 6.45) is 3.15. The molecule has 0 unspecified atom stereocenters. The van der Waals surface area contributed by atoms with Crippen LogP contribution in [0.3, 0.4) is 0 Å². The number of aromatic amines is 1. The van der Waals surface area contributed by atoms with Crippen LogP contribution in [0.5, 0.6) is 5.75 Å². The van der Waals surface area contributed by atoms with Gasteiger partial charge in [0.25, 0.3) is 0 Å². The van der Waals surface area contributed by atoms with Crippen LogP contribution < -0.4 is 10.5 Å². The topological polar surface area (TPSA) is 74.9 Å². The number of H-pyrrole nitrogens is 1. The normalized spacial score (nSPS) is 11.0. The van der Waals surface area contributed by atoms with Gasteiger partial charge in [-0.1, -0.05) is 30.3 Å². The van der Waals surface area contributed by atoms with Crippen LogP contribution in [-0.4, -0.2) is 17.9 Å². The van der Waals surface area contributed by atoms with Gasteiger partial charge in [0.2, 0.25) is 0 Å². The van der Waals surface area contributed by atoms with Crippen LogP contribution in [0, 0.1) is 12.3 Å². The Bertz CT molecular complexity index is 862. The molecule has 0 spiro atoms. The highest BCUT2D eigenvalue weighted by Gasteiger charge is 2.14. The van der Waals surface area contributed by atoms with E-state index in [9.17, 15) is 0 Å². The zero-order chi connectivity index (χ0) is 17.8. The second-order valence-electron chi connectivity index (χ2n) is 6.49. The van der Waals surface area contributed by atoms with Gasteiger partial charge in [-0.25, -0.2) is 0 Å². The molecule has 0 bridgehead atoms. The van der Waals surface area contributed by atoms with Gasteiger partial charge in [-0.2, -0.15) is 0 Å². The standard InChI is InChI=1S/C21H25N3O/c1-14-10-11-15(7-5-9-20(22)23)21(25-2)18(14)13-17-12-16-6-3-4-8-19(16)24-17/h3-4,6,8,10-12,24H,5,7,9,13H2,1-2H3,(H3,22,23). The second kappa shape index (κ2) is 7.43. The molecule has 0 aliphatic rings. The van der Waals surface area contributed by atoms with Gasteiger partial charge in [-0.15, -0.1) is 0 Å². The molecule has 1 aromatic heterocycles. The Labute approximate surface area is 148 Å². The van der Waals surface area contributed by atoms with Gasteiger partial charge in [0.15, 0.2) is 0 Å². The number of hydrogen-bond donors (Lipinski definition) is 3. The number of aromatic nitrogens is 1. The van der Waals surface area contributed by atoms with Crippen molar-refractivity contribution in [2.45, 2.75) is 32.6 Å². The molecule has 0 saturated carbocycles. The molecule has 4 N–H and O–H groups in total. The monoisotopic (exact) mass is 335 g/mol. The first-order chi connectivity index (χ1) is 12.1. The number of nitrogens with one attached hydrogen (secondary N) is 2. The van der Waals surface area contributed by atoms with E-state index in [-0.39, 0.29) is 5.84 Å². The third-order valence-corrected chi connectivity index (χ3v) is 4.63. The molecule has 0 fully saturated rings. The second-order valence-corrected chi connectivity index (χ2v) is 6.49. The number of nitrogens with two attached hydrogens (primary N) is 1. The number of aryl methyl sites for hydroxylation is 2. The predicted octanol–water partition coefficient (Wildman–Crippen LogP) is 4.33. The van der Waals surface area contributed by atoms with Crippen molar-refractivity contribution in [1.29, 1.82) is 5.41 Å². The smallest absolute Gasteiger partial charge is 0.125 e. The Morgan fingerprint density at radius 2 is 2.00 bits per heavy atom. The number of benzene rings is 2. The highest BCUT2D eigenvalue weighted by molar-refractivity contribution is 5.80. The van der Waals surface area contributed by atoms with Gasteiger partial charge in [0, 0.05) is 29.6 Å². The Balaban J connectivity index is 1.89. The van der Waals surface area contributed by atoms with E-state index in [2.05, 4.69) is 48.3 Å². The maximum Gasteiger partial charge on any atom is 0.125 e. The molecule has 0 atom stereocenters. The van der Waals surface area contributed by atoms with E-state index in [1.807, 2.05) is 6.07 Å². The van der Waals surface area contributed by atoms with E-state index in [4.69, 9.17) is 15.9 Å². The third-order valence-electron chi connectivity index (χ3n) is 4.63. The Morgan fingerprint density at radius 1 is 1.20 bits per heavy atom. The number of para-hydroxylation sites is 1. The number of rotatable bonds is 7. The van der Waals surface area contributed by atoms with Crippen molar-refractivity contribution in [2.24, 2.45) is 5.73 Å². The molecule has 4 heteroatoms. The van der Waals surface area contributed by atoms with Crippen molar-refractivity contribution in [2.75, 3.05) is 7.11 Å². The minimum absolute atomic E-state index is 0.240. The predicted molar refractivity (Wildman–Crippen MR) is 104 cm³/mol. The van der Waals surface area contributed by atoms with Crippen LogP contribution in [0.1, 0.15) is 35.2 Å². The van der Waals surface area contributed by atoms with E-state index < -0.39 is 0 Å². The average molecular weight is 335 g/mol. The third kappa shape index (κ3) is 3.85. The SMILES string of the molecule is COc1c(CCCC(=N)N)ccc(C)c1Cc1cc2ccccc2[nH]1. The molecule has 0 aliphatic heterocycles. The molecule has 130 valence electrons. The molecule has 0 amide bonds. The molecule has 3 aromatic rings. The first-order valence-electron chi connectivity index (χ1n) is 8.63. The van der Waals surface area contributed by atoms with Crippen molar-refractivity contribution >= 4 is 16.7 Å². The zero-order valence-corrected chi connectivity index (χ0v) is 14.9. The molecular formula is C21H25N3O. The van der Waals surface area contributed by atoms with Crippen LogP contribution >= 0.6 is 0 Å². The molecule has 0 radical (unpaired) electrons. The molecule has 2 aromatic carbocycles.